The lowest BCUT2D eigenvalue weighted by atomic mass is 9.92. The second-order valence-corrected chi connectivity index (χ2v) is 5.95. The minimum Gasteiger partial charge on any atom is -0.442 e. The van der Waals surface area contributed by atoms with Crippen molar-refractivity contribution in [1.29, 1.82) is 0 Å². The fourth-order valence-corrected chi connectivity index (χ4v) is 2.93. The highest BCUT2D eigenvalue weighted by atomic mass is 19.4. The van der Waals surface area contributed by atoms with Gasteiger partial charge in [-0.1, -0.05) is 12.1 Å². The Balaban J connectivity index is 1.53. The maximum atomic E-state index is 12.6. The van der Waals surface area contributed by atoms with Gasteiger partial charge in [0.2, 0.25) is 5.78 Å². The van der Waals surface area contributed by atoms with E-state index in [2.05, 4.69) is 9.88 Å². The summed E-state index contributed by atoms with van der Waals surface area (Å²) in [5, 5.41) is 0. The topological polar surface area (TPSA) is 46.3 Å². The molecule has 0 amide bonds. The first-order valence-electron chi connectivity index (χ1n) is 7.75. The number of oxazole rings is 1. The van der Waals surface area contributed by atoms with Crippen molar-refractivity contribution in [3.05, 3.63) is 53.7 Å². The van der Waals surface area contributed by atoms with E-state index in [0.29, 0.717) is 19.4 Å². The number of hydrogen-bond acceptors (Lipinski definition) is 4. The average molecular weight is 338 g/mol. The van der Waals surface area contributed by atoms with E-state index in [1.807, 2.05) is 0 Å². The van der Waals surface area contributed by atoms with Crippen molar-refractivity contribution >= 4 is 5.78 Å². The van der Waals surface area contributed by atoms with Crippen LogP contribution < -0.4 is 0 Å². The SMILES string of the molecule is O=C(c1ncco1)C1CCN(Cc2ccc(C(F)(F)F)cc2)CC1. The quantitative estimate of drug-likeness (QED) is 0.796. The molecule has 0 spiro atoms. The highest BCUT2D eigenvalue weighted by Crippen LogP contribution is 2.29. The zero-order chi connectivity index (χ0) is 17.2. The highest BCUT2D eigenvalue weighted by molar-refractivity contribution is 5.93. The van der Waals surface area contributed by atoms with Crippen LogP contribution in [-0.4, -0.2) is 28.8 Å². The van der Waals surface area contributed by atoms with Crippen LogP contribution in [0.2, 0.25) is 0 Å². The number of ketones is 1. The number of aromatic nitrogens is 1. The first kappa shape index (κ1) is 16.7. The standard InChI is InChI=1S/C17H17F3N2O2/c18-17(19,20)14-3-1-12(2-4-14)11-22-8-5-13(6-9-22)15(23)16-21-7-10-24-16/h1-4,7,10,13H,5-6,8-9,11H2. The highest BCUT2D eigenvalue weighted by Gasteiger charge is 2.30. The van der Waals surface area contributed by atoms with Crippen LogP contribution in [-0.2, 0) is 12.7 Å². The molecule has 1 aromatic carbocycles. The lowest BCUT2D eigenvalue weighted by molar-refractivity contribution is -0.137. The Morgan fingerprint density at radius 1 is 1.21 bits per heavy atom. The number of benzene rings is 1. The number of hydrogen-bond donors (Lipinski definition) is 0. The van der Waals surface area contributed by atoms with Crippen molar-refractivity contribution in [1.82, 2.24) is 9.88 Å². The van der Waals surface area contributed by atoms with Crippen molar-refractivity contribution in [2.75, 3.05) is 13.1 Å². The molecular weight excluding hydrogens is 321 g/mol. The molecule has 0 unspecified atom stereocenters. The van der Waals surface area contributed by atoms with Crippen LogP contribution in [0.5, 0.6) is 0 Å². The molecule has 3 rings (SSSR count). The van der Waals surface area contributed by atoms with Crippen LogP contribution >= 0.6 is 0 Å². The van der Waals surface area contributed by atoms with Crippen LogP contribution in [0.3, 0.4) is 0 Å². The lowest BCUT2D eigenvalue weighted by Crippen LogP contribution is -2.36. The number of nitrogens with zero attached hydrogens (tertiary/aromatic N) is 2. The Bertz CT molecular complexity index is 673. The molecule has 2 aromatic rings. The van der Waals surface area contributed by atoms with Gasteiger partial charge in [0.05, 0.1) is 11.8 Å². The molecule has 0 saturated carbocycles. The Hall–Kier alpha value is -2.15. The smallest absolute Gasteiger partial charge is 0.416 e. The van der Waals surface area contributed by atoms with Gasteiger partial charge in [0.1, 0.15) is 6.26 Å². The Labute approximate surface area is 137 Å². The van der Waals surface area contributed by atoms with Gasteiger partial charge in [0.25, 0.3) is 5.89 Å². The van der Waals surface area contributed by atoms with E-state index >= 15 is 0 Å². The molecule has 1 aromatic heterocycles. The number of alkyl halides is 3. The predicted molar refractivity (Wildman–Crippen MR) is 80.3 cm³/mol. The molecule has 24 heavy (non-hydrogen) atoms. The Morgan fingerprint density at radius 3 is 2.42 bits per heavy atom. The molecule has 1 aliphatic heterocycles. The summed E-state index contributed by atoms with van der Waals surface area (Å²) in [5.41, 5.74) is 0.196. The van der Waals surface area contributed by atoms with Crippen LogP contribution in [0.15, 0.2) is 41.1 Å². The number of rotatable bonds is 4. The average Bonchev–Trinajstić information content (AvgIpc) is 3.09. The third-order valence-electron chi connectivity index (χ3n) is 4.29. The summed E-state index contributed by atoms with van der Waals surface area (Å²) in [7, 11) is 0. The molecule has 7 heteroatoms. The molecule has 1 saturated heterocycles. The van der Waals surface area contributed by atoms with Gasteiger partial charge in [-0.2, -0.15) is 13.2 Å². The summed E-state index contributed by atoms with van der Waals surface area (Å²) in [6.45, 7) is 2.02. The van der Waals surface area contributed by atoms with Crippen molar-refractivity contribution < 1.29 is 22.4 Å². The van der Waals surface area contributed by atoms with E-state index in [9.17, 15) is 18.0 Å². The summed E-state index contributed by atoms with van der Waals surface area (Å²) < 4.78 is 42.7. The summed E-state index contributed by atoms with van der Waals surface area (Å²) in [6, 6.07) is 5.22. The summed E-state index contributed by atoms with van der Waals surface area (Å²) >= 11 is 0. The van der Waals surface area contributed by atoms with Gasteiger partial charge in [0.15, 0.2) is 0 Å². The van der Waals surface area contributed by atoms with Crippen LogP contribution in [0.1, 0.15) is 34.7 Å². The van der Waals surface area contributed by atoms with Gasteiger partial charge in [-0.05, 0) is 43.6 Å². The Kier molecular flexibility index (Phi) is 4.71. The molecule has 0 atom stereocenters. The monoisotopic (exact) mass is 338 g/mol. The number of Topliss-reactive ketones (excluding diaryl/α,β-unsaturated/α-hetero) is 1. The predicted octanol–water partition coefficient (Wildman–Crippen LogP) is 3.79. The van der Waals surface area contributed by atoms with Gasteiger partial charge in [-0.3, -0.25) is 9.69 Å². The normalized spacial score (nSPS) is 17.1. The minimum absolute atomic E-state index is 0.0748. The van der Waals surface area contributed by atoms with E-state index in [4.69, 9.17) is 4.42 Å². The molecule has 4 nitrogen and oxygen atoms in total. The van der Waals surface area contributed by atoms with E-state index in [1.165, 1.54) is 24.6 Å². The molecule has 0 aliphatic carbocycles. The fourth-order valence-electron chi connectivity index (χ4n) is 2.93. The van der Waals surface area contributed by atoms with Gasteiger partial charge in [0, 0.05) is 12.5 Å². The second-order valence-electron chi connectivity index (χ2n) is 5.95. The molecule has 1 aliphatic rings. The zero-order valence-electron chi connectivity index (χ0n) is 12.9. The van der Waals surface area contributed by atoms with Crippen LogP contribution in [0.4, 0.5) is 13.2 Å². The largest absolute Gasteiger partial charge is 0.442 e. The molecule has 0 N–H and O–H groups in total. The van der Waals surface area contributed by atoms with E-state index in [1.54, 1.807) is 0 Å². The van der Waals surface area contributed by atoms with Crippen molar-refractivity contribution in [3.63, 3.8) is 0 Å². The van der Waals surface area contributed by atoms with Crippen molar-refractivity contribution in [2.45, 2.75) is 25.6 Å². The molecule has 1 fully saturated rings. The van der Waals surface area contributed by atoms with Gasteiger partial charge in [-0.25, -0.2) is 4.98 Å². The summed E-state index contributed by atoms with van der Waals surface area (Å²) in [4.78, 5) is 18.2. The lowest BCUT2D eigenvalue weighted by Gasteiger charge is -2.30. The minimum atomic E-state index is -4.31. The summed E-state index contributed by atoms with van der Waals surface area (Å²) in [6.07, 6.45) is -0.0826. The van der Waals surface area contributed by atoms with E-state index in [-0.39, 0.29) is 17.6 Å². The molecule has 2 heterocycles. The number of carbonyl (C=O) groups is 1. The number of likely N-dealkylation sites (tertiary alicyclic amines) is 1. The zero-order valence-corrected chi connectivity index (χ0v) is 12.9. The van der Waals surface area contributed by atoms with Gasteiger partial charge in [-0.15, -0.1) is 0 Å². The van der Waals surface area contributed by atoms with E-state index in [0.717, 1.165) is 30.8 Å². The van der Waals surface area contributed by atoms with Crippen LogP contribution in [0, 0.1) is 5.92 Å². The van der Waals surface area contributed by atoms with Gasteiger partial charge < -0.3 is 4.42 Å². The van der Waals surface area contributed by atoms with Gasteiger partial charge >= 0.3 is 6.18 Å². The first-order valence-corrected chi connectivity index (χ1v) is 7.75. The maximum Gasteiger partial charge on any atom is 0.416 e. The summed E-state index contributed by atoms with van der Waals surface area (Å²) in [5.74, 6) is -0.0297. The number of halogens is 3. The second kappa shape index (κ2) is 6.76. The fraction of sp³-hybridized carbons (Fsp3) is 0.412. The number of carbonyl (C=O) groups excluding carboxylic acids is 1. The molecule has 128 valence electrons. The Morgan fingerprint density at radius 2 is 1.88 bits per heavy atom. The first-order chi connectivity index (χ1) is 11.4. The third-order valence-corrected chi connectivity index (χ3v) is 4.29. The van der Waals surface area contributed by atoms with Crippen LogP contribution in [0.25, 0.3) is 0 Å². The third kappa shape index (κ3) is 3.84. The van der Waals surface area contributed by atoms with Crippen molar-refractivity contribution in [3.8, 4) is 0 Å². The van der Waals surface area contributed by atoms with Crippen molar-refractivity contribution in [2.24, 2.45) is 5.92 Å². The van der Waals surface area contributed by atoms with E-state index < -0.39 is 11.7 Å². The molecule has 0 bridgehead atoms. The molecular formula is C17H17F3N2O2. The molecule has 0 radical (unpaired) electrons. The number of piperidine rings is 1. The maximum absolute atomic E-state index is 12.6.